The highest BCUT2D eigenvalue weighted by molar-refractivity contribution is 5.99. The molecule has 0 spiro atoms. The quantitative estimate of drug-likeness (QED) is 0.792. The number of Topliss-reactive ketones (excluding diaryl/α,β-unsaturated/α-hetero) is 1. The lowest BCUT2D eigenvalue weighted by molar-refractivity contribution is -0.137. The maximum Gasteiger partial charge on any atom is 0.303 e. The molecular weight excluding hydrogens is 234 g/mol. The van der Waals surface area contributed by atoms with E-state index in [1.807, 2.05) is 0 Å². The zero-order valence-electron chi connectivity index (χ0n) is 9.73. The molecule has 5 nitrogen and oxygen atoms in total. The lowest BCUT2D eigenvalue weighted by atomic mass is 9.97. The number of rotatable bonds is 4. The number of amides is 1. The molecule has 2 rings (SSSR count). The molecule has 2 N–H and O–H groups in total. The molecule has 1 aliphatic heterocycles. The molecule has 0 saturated carbocycles. The predicted octanol–water partition coefficient (Wildman–Crippen LogP) is 1.62. The highest BCUT2D eigenvalue weighted by Gasteiger charge is 2.16. The summed E-state index contributed by atoms with van der Waals surface area (Å²) >= 11 is 0. The van der Waals surface area contributed by atoms with Crippen LogP contribution in [0.4, 0.5) is 5.69 Å². The summed E-state index contributed by atoms with van der Waals surface area (Å²) in [6.07, 6.45) is 0.869. The van der Waals surface area contributed by atoms with Gasteiger partial charge in [-0.05, 0) is 30.2 Å². The van der Waals surface area contributed by atoms with Crippen LogP contribution in [0.5, 0.6) is 0 Å². The van der Waals surface area contributed by atoms with Gasteiger partial charge in [0.15, 0.2) is 5.78 Å². The van der Waals surface area contributed by atoms with Crippen molar-refractivity contribution < 1.29 is 19.5 Å². The minimum atomic E-state index is -0.978. The van der Waals surface area contributed by atoms with Crippen molar-refractivity contribution in [3.05, 3.63) is 29.3 Å². The van der Waals surface area contributed by atoms with Crippen molar-refractivity contribution in [3.8, 4) is 0 Å². The van der Waals surface area contributed by atoms with E-state index in [0.717, 1.165) is 11.3 Å². The van der Waals surface area contributed by atoms with Gasteiger partial charge in [0, 0.05) is 24.1 Å². The van der Waals surface area contributed by atoms with Crippen LogP contribution in [0, 0.1) is 0 Å². The third-order valence-electron chi connectivity index (χ3n) is 2.89. The number of hydrogen-bond acceptors (Lipinski definition) is 3. The van der Waals surface area contributed by atoms with Crippen molar-refractivity contribution in [3.63, 3.8) is 0 Å². The van der Waals surface area contributed by atoms with Gasteiger partial charge in [-0.2, -0.15) is 0 Å². The lowest BCUT2D eigenvalue weighted by Gasteiger charge is -2.17. The fourth-order valence-corrected chi connectivity index (χ4v) is 1.92. The number of hydrogen-bond donors (Lipinski definition) is 2. The Hall–Kier alpha value is -2.17. The van der Waals surface area contributed by atoms with Crippen LogP contribution in [0.3, 0.4) is 0 Å². The molecule has 0 unspecified atom stereocenters. The van der Waals surface area contributed by atoms with Crippen LogP contribution in [0.1, 0.15) is 35.2 Å². The van der Waals surface area contributed by atoms with E-state index in [9.17, 15) is 14.4 Å². The molecule has 1 heterocycles. The second kappa shape index (κ2) is 5.00. The van der Waals surface area contributed by atoms with Crippen LogP contribution in [0.15, 0.2) is 18.2 Å². The van der Waals surface area contributed by atoms with Crippen LogP contribution in [0.2, 0.25) is 0 Å². The average molecular weight is 247 g/mol. The molecular formula is C13H13NO4. The Balaban J connectivity index is 2.13. The summed E-state index contributed by atoms with van der Waals surface area (Å²) in [6.45, 7) is 0. The van der Waals surface area contributed by atoms with Crippen LogP contribution >= 0.6 is 0 Å². The molecule has 5 heteroatoms. The van der Waals surface area contributed by atoms with Gasteiger partial charge < -0.3 is 10.4 Å². The number of ketones is 1. The Bertz CT molecular complexity index is 522. The maximum absolute atomic E-state index is 11.7. The summed E-state index contributed by atoms with van der Waals surface area (Å²) in [4.78, 5) is 33.3. The Kier molecular flexibility index (Phi) is 3.41. The number of anilines is 1. The first-order valence-electron chi connectivity index (χ1n) is 5.74. The highest BCUT2D eigenvalue weighted by atomic mass is 16.4. The van der Waals surface area contributed by atoms with Gasteiger partial charge in [-0.1, -0.05) is 0 Å². The first kappa shape index (κ1) is 12.3. The van der Waals surface area contributed by atoms with Gasteiger partial charge in [-0.15, -0.1) is 0 Å². The Morgan fingerprint density at radius 3 is 2.72 bits per heavy atom. The van der Waals surface area contributed by atoms with Gasteiger partial charge in [-0.25, -0.2) is 0 Å². The number of carbonyl (C=O) groups is 3. The number of carboxylic acid groups (broad SMARTS) is 1. The lowest BCUT2D eigenvalue weighted by Crippen LogP contribution is -2.19. The summed E-state index contributed by atoms with van der Waals surface area (Å²) in [5, 5.41) is 11.3. The fourth-order valence-electron chi connectivity index (χ4n) is 1.92. The van der Waals surface area contributed by atoms with Crippen LogP contribution in [-0.2, 0) is 16.0 Å². The molecule has 0 bridgehead atoms. The molecule has 94 valence electrons. The van der Waals surface area contributed by atoms with Crippen LogP contribution in [-0.4, -0.2) is 22.8 Å². The van der Waals surface area contributed by atoms with Crippen molar-refractivity contribution in [2.75, 3.05) is 5.32 Å². The van der Waals surface area contributed by atoms with Gasteiger partial charge in [0.05, 0.1) is 6.42 Å². The van der Waals surface area contributed by atoms with Crippen LogP contribution in [0.25, 0.3) is 0 Å². The number of aryl methyl sites for hydroxylation is 1. The number of aliphatic carboxylic acids is 1. The van der Waals surface area contributed by atoms with Gasteiger partial charge >= 0.3 is 5.97 Å². The monoisotopic (exact) mass is 247 g/mol. The standard InChI is InChI=1S/C13H13NO4/c15-11(4-6-13(17)18)9-1-3-10-8(7-9)2-5-12(16)14-10/h1,3,7H,2,4-6H2,(H,14,16)(H,17,18). The fraction of sp³-hybridized carbons (Fsp3) is 0.308. The average Bonchev–Trinajstić information content (AvgIpc) is 2.35. The SMILES string of the molecule is O=C(O)CCC(=O)c1ccc2c(c1)CCC(=O)N2. The van der Waals surface area contributed by atoms with Gasteiger partial charge in [-0.3, -0.25) is 14.4 Å². The van der Waals surface area contributed by atoms with E-state index in [1.54, 1.807) is 18.2 Å². The molecule has 0 saturated heterocycles. The molecule has 0 fully saturated rings. The van der Waals surface area contributed by atoms with Crippen molar-refractivity contribution >= 4 is 23.3 Å². The summed E-state index contributed by atoms with van der Waals surface area (Å²) in [6, 6.07) is 5.05. The second-order valence-electron chi connectivity index (χ2n) is 4.24. The first-order chi connectivity index (χ1) is 8.56. The summed E-state index contributed by atoms with van der Waals surface area (Å²) in [7, 11) is 0. The molecule has 1 aliphatic rings. The van der Waals surface area contributed by atoms with E-state index in [0.29, 0.717) is 18.4 Å². The normalized spacial score (nSPS) is 13.7. The number of carboxylic acids is 1. The molecule has 18 heavy (non-hydrogen) atoms. The minimum absolute atomic E-state index is 0.000475. The van der Waals surface area contributed by atoms with Crippen molar-refractivity contribution in [1.29, 1.82) is 0 Å². The van der Waals surface area contributed by atoms with Crippen LogP contribution < -0.4 is 5.32 Å². The molecule has 0 aromatic heterocycles. The third kappa shape index (κ3) is 2.74. The topological polar surface area (TPSA) is 83.5 Å². The van der Waals surface area contributed by atoms with Crippen molar-refractivity contribution in [1.82, 2.24) is 0 Å². The predicted molar refractivity (Wildman–Crippen MR) is 64.6 cm³/mol. The molecule has 1 amide bonds. The van der Waals surface area contributed by atoms with E-state index in [-0.39, 0.29) is 24.5 Å². The van der Waals surface area contributed by atoms with Gasteiger partial charge in [0.25, 0.3) is 0 Å². The molecule has 0 radical (unpaired) electrons. The third-order valence-corrected chi connectivity index (χ3v) is 2.89. The number of carbonyl (C=O) groups excluding carboxylic acids is 2. The first-order valence-corrected chi connectivity index (χ1v) is 5.74. The van der Waals surface area contributed by atoms with E-state index >= 15 is 0 Å². The van der Waals surface area contributed by atoms with Crippen molar-refractivity contribution in [2.45, 2.75) is 25.7 Å². The van der Waals surface area contributed by atoms with E-state index in [1.165, 1.54) is 0 Å². The number of fused-ring (bicyclic) bond motifs is 1. The van der Waals surface area contributed by atoms with E-state index in [2.05, 4.69) is 5.32 Å². The smallest absolute Gasteiger partial charge is 0.303 e. The number of benzene rings is 1. The van der Waals surface area contributed by atoms with E-state index < -0.39 is 5.97 Å². The zero-order chi connectivity index (χ0) is 13.1. The molecule has 0 aliphatic carbocycles. The summed E-state index contributed by atoms with van der Waals surface area (Å²) < 4.78 is 0. The Labute approximate surface area is 104 Å². The summed E-state index contributed by atoms with van der Waals surface area (Å²) in [5.41, 5.74) is 2.17. The highest BCUT2D eigenvalue weighted by Crippen LogP contribution is 2.24. The number of nitrogens with one attached hydrogen (secondary N) is 1. The van der Waals surface area contributed by atoms with Gasteiger partial charge in [0.1, 0.15) is 0 Å². The second-order valence-corrected chi connectivity index (χ2v) is 4.24. The Morgan fingerprint density at radius 2 is 2.00 bits per heavy atom. The summed E-state index contributed by atoms with van der Waals surface area (Å²) in [5.74, 6) is -1.18. The molecule has 0 atom stereocenters. The zero-order valence-corrected chi connectivity index (χ0v) is 9.73. The molecule has 1 aromatic rings. The largest absolute Gasteiger partial charge is 0.481 e. The van der Waals surface area contributed by atoms with Crippen molar-refractivity contribution in [2.24, 2.45) is 0 Å². The Morgan fingerprint density at radius 1 is 1.22 bits per heavy atom. The van der Waals surface area contributed by atoms with E-state index in [4.69, 9.17) is 5.11 Å². The molecule has 1 aromatic carbocycles. The van der Waals surface area contributed by atoms with Gasteiger partial charge in [0.2, 0.25) is 5.91 Å². The maximum atomic E-state index is 11.7. The minimum Gasteiger partial charge on any atom is -0.481 e.